The fraction of sp³-hybridized carbons (Fsp3) is 1.00. The average molecular weight is 232 g/mol. The van der Waals surface area contributed by atoms with Crippen LogP contribution in [-0.4, -0.2) is 25.6 Å². The van der Waals surface area contributed by atoms with E-state index in [0.717, 1.165) is 0 Å². The van der Waals surface area contributed by atoms with Gasteiger partial charge in [-0.05, 0) is 0 Å². The number of hydrogen-bond acceptors (Lipinski definition) is 1. The molecule has 0 spiro atoms. The molecule has 0 saturated heterocycles. The van der Waals surface area contributed by atoms with Crippen LogP contribution in [0, 0.1) is 5.92 Å². The minimum atomic E-state index is -5.65. The SMILES string of the molecule is FC(F)OCC(C(F)(F)F)C(F)(F)F. The van der Waals surface area contributed by atoms with E-state index in [4.69, 9.17) is 0 Å². The van der Waals surface area contributed by atoms with Gasteiger partial charge in [0, 0.05) is 0 Å². The van der Waals surface area contributed by atoms with Gasteiger partial charge in [0.05, 0.1) is 6.61 Å². The lowest BCUT2D eigenvalue weighted by atomic mass is 10.1. The molecule has 0 N–H and O–H groups in total. The molecule has 0 heterocycles. The van der Waals surface area contributed by atoms with Gasteiger partial charge >= 0.3 is 19.0 Å². The van der Waals surface area contributed by atoms with Crippen molar-refractivity contribution in [3.05, 3.63) is 0 Å². The molecule has 0 aliphatic heterocycles. The zero-order valence-corrected chi connectivity index (χ0v) is 6.29. The fourth-order valence-corrected chi connectivity index (χ4v) is 0.544. The van der Waals surface area contributed by atoms with Gasteiger partial charge in [0.15, 0.2) is 5.92 Å². The zero-order chi connectivity index (χ0) is 11.6. The largest absolute Gasteiger partial charge is 0.402 e. The van der Waals surface area contributed by atoms with Crippen LogP contribution in [0.25, 0.3) is 0 Å². The summed E-state index contributed by atoms with van der Waals surface area (Å²) in [5.74, 6) is -3.89. The average Bonchev–Trinajstić information content (AvgIpc) is 1.78. The highest BCUT2D eigenvalue weighted by Crippen LogP contribution is 2.39. The molecule has 0 aromatic carbocycles. The first-order chi connectivity index (χ1) is 6.05. The number of halogens is 8. The molecule has 86 valence electrons. The summed E-state index contributed by atoms with van der Waals surface area (Å²) in [5.41, 5.74) is 0. The number of ether oxygens (including phenoxy) is 1. The number of hydrogen-bond donors (Lipinski definition) is 0. The second-order valence-corrected chi connectivity index (χ2v) is 2.23. The highest BCUT2D eigenvalue weighted by molar-refractivity contribution is 4.74. The highest BCUT2D eigenvalue weighted by Gasteiger charge is 2.56. The van der Waals surface area contributed by atoms with Crippen LogP contribution in [0.2, 0.25) is 0 Å². The fourth-order valence-electron chi connectivity index (χ4n) is 0.544. The molecule has 1 nitrogen and oxygen atoms in total. The summed E-state index contributed by atoms with van der Waals surface area (Å²) in [7, 11) is 0. The summed E-state index contributed by atoms with van der Waals surface area (Å²) in [4.78, 5) is 0. The Hall–Kier alpha value is -0.600. The van der Waals surface area contributed by atoms with E-state index in [0.29, 0.717) is 0 Å². The second-order valence-electron chi connectivity index (χ2n) is 2.23. The molecule has 0 atom stereocenters. The molecular formula is C5H4F8O. The van der Waals surface area contributed by atoms with E-state index in [9.17, 15) is 35.1 Å². The third-order valence-electron chi connectivity index (χ3n) is 1.18. The molecule has 0 rings (SSSR count). The molecule has 0 aromatic heterocycles. The summed E-state index contributed by atoms with van der Waals surface area (Å²) in [6.45, 7) is -5.80. The molecule has 0 aromatic rings. The first-order valence-corrected chi connectivity index (χ1v) is 3.08. The van der Waals surface area contributed by atoms with E-state index < -0.39 is 31.5 Å². The van der Waals surface area contributed by atoms with Crippen molar-refractivity contribution >= 4 is 0 Å². The molecule has 0 fully saturated rings. The van der Waals surface area contributed by atoms with E-state index >= 15 is 0 Å². The van der Waals surface area contributed by atoms with Crippen LogP contribution in [-0.2, 0) is 4.74 Å². The Bertz CT molecular complexity index is 156. The molecule has 0 aliphatic carbocycles. The maximum absolute atomic E-state index is 11.6. The molecule has 9 heteroatoms. The Labute approximate surface area is 72.6 Å². The van der Waals surface area contributed by atoms with Crippen molar-refractivity contribution in [1.29, 1.82) is 0 Å². The van der Waals surface area contributed by atoms with Crippen molar-refractivity contribution in [3.8, 4) is 0 Å². The van der Waals surface area contributed by atoms with Crippen LogP contribution in [0.15, 0.2) is 0 Å². The molecule has 14 heavy (non-hydrogen) atoms. The van der Waals surface area contributed by atoms with Crippen molar-refractivity contribution < 1.29 is 39.9 Å². The summed E-state index contributed by atoms with van der Waals surface area (Å²) < 4.78 is 95.1. The van der Waals surface area contributed by atoms with Gasteiger partial charge in [0.1, 0.15) is 0 Å². The second kappa shape index (κ2) is 4.28. The Morgan fingerprint density at radius 3 is 1.43 bits per heavy atom. The highest BCUT2D eigenvalue weighted by atomic mass is 19.4. The molecule has 0 aliphatic rings. The molecular weight excluding hydrogens is 228 g/mol. The van der Waals surface area contributed by atoms with Gasteiger partial charge < -0.3 is 4.74 Å². The van der Waals surface area contributed by atoms with Crippen molar-refractivity contribution in [3.63, 3.8) is 0 Å². The maximum Gasteiger partial charge on any atom is 0.402 e. The van der Waals surface area contributed by atoms with E-state index in [-0.39, 0.29) is 0 Å². The van der Waals surface area contributed by atoms with Crippen molar-refractivity contribution in [2.45, 2.75) is 19.0 Å². The topological polar surface area (TPSA) is 9.23 Å². The summed E-state index contributed by atoms with van der Waals surface area (Å²) in [6, 6.07) is 0. The van der Waals surface area contributed by atoms with E-state index in [1.165, 1.54) is 0 Å². The summed E-state index contributed by atoms with van der Waals surface area (Å²) in [6.07, 6.45) is -11.3. The normalized spacial score (nSPS) is 14.1. The molecule has 0 unspecified atom stereocenters. The quantitative estimate of drug-likeness (QED) is 0.679. The van der Waals surface area contributed by atoms with Crippen LogP contribution >= 0.6 is 0 Å². The first-order valence-electron chi connectivity index (χ1n) is 3.08. The minimum Gasteiger partial charge on any atom is -0.322 e. The predicted molar refractivity (Wildman–Crippen MR) is 27.6 cm³/mol. The molecule has 0 saturated carbocycles. The Balaban J connectivity index is 4.44. The lowest BCUT2D eigenvalue weighted by molar-refractivity contribution is -0.305. The lowest BCUT2D eigenvalue weighted by Crippen LogP contribution is -2.40. The summed E-state index contributed by atoms with van der Waals surface area (Å²) >= 11 is 0. The van der Waals surface area contributed by atoms with Gasteiger partial charge in [-0.25, -0.2) is 0 Å². The third kappa shape index (κ3) is 4.58. The molecule has 0 amide bonds. The first kappa shape index (κ1) is 13.4. The van der Waals surface area contributed by atoms with Crippen LogP contribution < -0.4 is 0 Å². The number of rotatable bonds is 3. The maximum atomic E-state index is 11.6. The van der Waals surface area contributed by atoms with Gasteiger partial charge in [-0.15, -0.1) is 0 Å². The predicted octanol–water partition coefficient (Wildman–Crippen LogP) is 2.97. The van der Waals surface area contributed by atoms with Crippen LogP contribution in [0.5, 0.6) is 0 Å². The van der Waals surface area contributed by atoms with Crippen molar-refractivity contribution in [2.24, 2.45) is 5.92 Å². The van der Waals surface area contributed by atoms with Crippen LogP contribution in [0.3, 0.4) is 0 Å². The van der Waals surface area contributed by atoms with E-state index in [1.54, 1.807) is 0 Å². The monoisotopic (exact) mass is 232 g/mol. The van der Waals surface area contributed by atoms with Gasteiger partial charge in [0.2, 0.25) is 0 Å². The number of alkyl halides is 8. The Morgan fingerprint density at radius 2 is 1.21 bits per heavy atom. The van der Waals surface area contributed by atoms with Gasteiger partial charge in [0.25, 0.3) is 0 Å². The zero-order valence-electron chi connectivity index (χ0n) is 6.29. The summed E-state index contributed by atoms with van der Waals surface area (Å²) in [5, 5.41) is 0. The molecule has 0 radical (unpaired) electrons. The smallest absolute Gasteiger partial charge is 0.322 e. The molecule has 0 bridgehead atoms. The minimum absolute atomic E-state index is 2.13. The van der Waals surface area contributed by atoms with Crippen molar-refractivity contribution in [1.82, 2.24) is 0 Å². The van der Waals surface area contributed by atoms with Crippen LogP contribution in [0.1, 0.15) is 0 Å². The lowest BCUT2D eigenvalue weighted by Gasteiger charge is -2.22. The van der Waals surface area contributed by atoms with Crippen molar-refractivity contribution in [2.75, 3.05) is 6.61 Å². The van der Waals surface area contributed by atoms with Gasteiger partial charge in [-0.3, -0.25) is 0 Å². The standard InChI is InChI=1S/C5H4F8O/c6-3(7)14-1-2(4(8,9)10)5(11,12)13/h2-3H,1H2. The third-order valence-corrected chi connectivity index (χ3v) is 1.18. The Kier molecular flexibility index (Phi) is 4.10. The van der Waals surface area contributed by atoms with Gasteiger partial charge in [-0.2, -0.15) is 35.1 Å². The van der Waals surface area contributed by atoms with Gasteiger partial charge in [-0.1, -0.05) is 0 Å². The van der Waals surface area contributed by atoms with E-state index in [2.05, 4.69) is 4.74 Å². The Morgan fingerprint density at radius 1 is 0.857 bits per heavy atom. The van der Waals surface area contributed by atoms with Crippen LogP contribution in [0.4, 0.5) is 35.1 Å². The van der Waals surface area contributed by atoms with E-state index in [1.807, 2.05) is 0 Å².